The fourth-order valence-corrected chi connectivity index (χ4v) is 3.61. The van der Waals surface area contributed by atoms with E-state index in [0.717, 1.165) is 65.0 Å². The van der Waals surface area contributed by atoms with Crippen molar-refractivity contribution >= 4 is 6.08 Å². The zero-order valence-electron chi connectivity index (χ0n) is 13.1. The third kappa shape index (κ3) is 3.46. The molecule has 0 atom stereocenters. The molecule has 22 heavy (non-hydrogen) atoms. The Hall–Kier alpha value is -1.48. The summed E-state index contributed by atoms with van der Waals surface area (Å²) in [7, 11) is 0. The van der Waals surface area contributed by atoms with Crippen LogP contribution in [-0.4, -0.2) is 43.8 Å². The van der Waals surface area contributed by atoms with Crippen LogP contribution in [0.2, 0.25) is 0 Å². The minimum absolute atomic E-state index is 0.301. The van der Waals surface area contributed by atoms with Crippen LogP contribution in [0.5, 0.6) is 0 Å². The molecule has 1 aliphatic carbocycles. The third-order valence-electron chi connectivity index (χ3n) is 5.00. The van der Waals surface area contributed by atoms with Crippen molar-refractivity contribution in [1.82, 2.24) is 4.90 Å². The standard InChI is InChI=1S/C18H24N2O2/c21-15-19-18(8-1-2-9-18)17-5-3-16(4-6-17)7-10-20-11-13-22-14-12-20/h3-6H,1-2,7-14H2. The molecule has 1 saturated heterocycles. The number of hydrogen-bond acceptors (Lipinski definition) is 4. The van der Waals surface area contributed by atoms with Gasteiger partial charge in [-0.3, -0.25) is 4.90 Å². The van der Waals surface area contributed by atoms with Gasteiger partial charge in [0.1, 0.15) is 0 Å². The Bertz CT molecular complexity index is 523. The molecule has 0 unspecified atom stereocenters. The number of hydrogen-bond donors (Lipinski definition) is 0. The van der Waals surface area contributed by atoms with Crippen LogP contribution in [0.25, 0.3) is 0 Å². The van der Waals surface area contributed by atoms with E-state index in [1.54, 1.807) is 6.08 Å². The number of benzene rings is 1. The number of nitrogens with zero attached hydrogens (tertiary/aromatic N) is 2. The van der Waals surface area contributed by atoms with Gasteiger partial charge in [0.05, 0.1) is 18.8 Å². The van der Waals surface area contributed by atoms with E-state index in [0.29, 0.717) is 0 Å². The summed E-state index contributed by atoms with van der Waals surface area (Å²) >= 11 is 0. The summed E-state index contributed by atoms with van der Waals surface area (Å²) in [6, 6.07) is 8.69. The van der Waals surface area contributed by atoms with Gasteiger partial charge in [0.15, 0.2) is 0 Å². The lowest BCUT2D eigenvalue weighted by Gasteiger charge is -2.26. The fourth-order valence-electron chi connectivity index (χ4n) is 3.61. The number of ether oxygens (including phenoxy) is 1. The molecule has 2 aliphatic rings. The zero-order chi connectivity index (χ0) is 15.3. The molecule has 118 valence electrons. The minimum atomic E-state index is -0.301. The molecular formula is C18H24N2O2. The van der Waals surface area contributed by atoms with Crippen LogP contribution in [-0.2, 0) is 21.5 Å². The number of rotatable bonds is 5. The van der Waals surface area contributed by atoms with E-state index in [9.17, 15) is 4.79 Å². The lowest BCUT2D eigenvalue weighted by molar-refractivity contribution is 0.0384. The van der Waals surface area contributed by atoms with Crippen molar-refractivity contribution in [2.45, 2.75) is 37.6 Å². The summed E-state index contributed by atoms with van der Waals surface area (Å²) in [4.78, 5) is 17.4. The van der Waals surface area contributed by atoms with Gasteiger partial charge < -0.3 is 4.74 Å². The number of morpholine rings is 1. The van der Waals surface area contributed by atoms with E-state index in [4.69, 9.17) is 4.74 Å². The van der Waals surface area contributed by atoms with Crippen molar-refractivity contribution in [2.75, 3.05) is 32.8 Å². The van der Waals surface area contributed by atoms with Crippen LogP contribution in [0.3, 0.4) is 0 Å². The zero-order valence-corrected chi connectivity index (χ0v) is 13.1. The summed E-state index contributed by atoms with van der Waals surface area (Å²) in [5, 5.41) is 0. The van der Waals surface area contributed by atoms with E-state index >= 15 is 0 Å². The van der Waals surface area contributed by atoms with Gasteiger partial charge in [0.25, 0.3) is 0 Å². The van der Waals surface area contributed by atoms with E-state index in [2.05, 4.69) is 34.2 Å². The summed E-state index contributed by atoms with van der Waals surface area (Å²) in [5.41, 5.74) is 2.21. The molecule has 4 heteroatoms. The van der Waals surface area contributed by atoms with E-state index in [-0.39, 0.29) is 5.54 Å². The van der Waals surface area contributed by atoms with Crippen molar-refractivity contribution in [2.24, 2.45) is 4.99 Å². The van der Waals surface area contributed by atoms with Crippen molar-refractivity contribution in [3.63, 3.8) is 0 Å². The van der Waals surface area contributed by atoms with Gasteiger partial charge in [-0.1, -0.05) is 37.1 Å². The summed E-state index contributed by atoms with van der Waals surface area (Å²) < 4.78 is 5.37. The van der Waals surface area contributed by atoms with Gasteiger partial charge in [0, 0.05) is 19.6 Å². The first kappa shape index (κ1) is 15.4. The Kier molecular flexibility index (Phi) is 5.04. The molecule has 1 aliphatic heterocycles. The molecule has 1 aromatic carbocycles. The van der Waals surface area contributed by atoms with Gasteiger partial charge >= 0.3 is 0 Å². The van der Waals surface area contributed by atoms with Crippen LogP contribution in [0.4, 0.5) is 0 Å². The SMILES string of the molecule is O=C=NC1(c2ccc(CCN3CCOCC3)cc2)CCCC1. The Morgan fingerprint density at radius 3 is 2.45 bits per heavy atom. The Labute approximate surface area is 132 Å². The molecule has 0 N–H and O–H groups in total. The van der Waals surface area contributed by atoms with Crippen LogP contribution in [0, 0.1) is 0 Å². The number of isocyanates is 1. The van der Waals surface area contributed by atoms with Crippen molar-refractivity contribution in [1.29, 1.82) is 0 Å². The van der Waals surface area contributed by atoms with Crippen molar-refractivity contribution < 1.29 is 9.53 Å². The highest BCUT2D eigenvalue weighted by Crippen LogP contribution is 2.42. The first-order valence-corrected chi connectivity index (χ1v) is 8.31. The van der Waals surface area contributed by atoms with Gasteiger partial charge in [-0.15, -0.1) is 0 Å². The maximum atomic E-state index is 10.8. The number of aliphatic imine (C=N–C) groups is 1. The predicted octanol–water partition coefficient (Wildman–Crippen LogP) is 2.67. The summed E-state index contributed by atoms with van der Waals surface area (Å²) in [5.74, 6) is 0. The molecule has 4 nitrogen and oxygen atoms in total. The fraction of sp³-hybridized carbons (Fsp3) is 0.611. The summed E-state index contributed by atoms with van der Waals surface area (Å²) in [6.07, 6.45) is 7.07. The Morgan fingerprint density at radius 2 is 1.82 bits per heavy atom. The monoisotopic (exact) mass is 300 g/mol. The van der Waals surface area contributed by atoms with Crippen LogP contribution >= 0.6 is 0 Å². The molecule has 1 aromatic rings. The predicted molar refractivity (Wildman–Crippen MR) is 85.7 cm³/mol. The van der Waals surface area contributed by atoms with E-state index in [1.807, 2.05) is 0 Å². The van der Waals surface area contributed by atoms with Gasteiger partial charge in [0.2, 0.25) is 6.08 Å². The van der Waals surface area contributed by atoms with Gasteiger partial charge in [-0.25, -0.2) is 4.79 Å². The van der Waals surface area contributed by atoms with Crippen LogP contribution in [0.15, 0.2) is 29.3 Å². The highest BCUT2D eigenvalue weighted by atomic mass is 16.5. The highest BCUT2D eigenvalue weighted by molar-refractivity contribution is 5.39. The largest absolute Gasteiger partial charge is 0.379 e. The third-order valence-corrected chi connectivity index (χ3v) is 5.00. The first-order chi connectivity index (χ1) is 10.8. The Balaban J connectivity index is 1.63. The lowest BCUT2D eigenvalue weighted by atomic mass is 9.88. The highest BCUT2D eigenvalue weighted by Gasteiger charge is 2.35. The lowest BCUT2D eigenvalue weighted by Crippen LogP contribution is -2.37. The molecule has 0 radical (unpaired) electrons. The number of carbonyl (C=O) groups excluding carboxylic acids is 1. The maximum Gasteiger partial charge on any atom is 0.235 e. The normalized spacial score (nSPS) is 21.5. The molecule has 0 spiro atoms. The second-order valence-corrected chi connectivity index (χ2v) is 6.34. The van der Waals surface area contributed by atoms with Gasteiger partial charge in [-0.05, 0) is 30.4 Å². The topological polar surface area (TPSA) is 41.9 Å². The van der Waals surface area contributed by atoms with Gasteiger partial charge in [-0.2, -0.15) is 4.99 Å². The minimum Gasteiger partial charge on any atom is -0.379 e. The van der Waals surface area contributed by atoms with E-state index in [1.165, 1.54) is 11.1 Å². The first-order valence-electron chi connectivity index (χ1n) is 8.31. The molecule has 1 saturated carbocycles. The Morgan fingerprint density at radius 1 is 1.14 bits per heavy atom. The molecular weight excluding hydrogens is 276 g/mol. The second-order valence-electron chi connectivity index (χ2n) is 6.34. The molecule has 0 bridgehead atoms. The molecule has 0 amide bonds. The van der Waals surface area contributed by atoms with Crippen LogP contribution in [0.1, 0.15) is 36.8 Å². The van der Waals surface area contributed by atoms with Crippen LogP contribution < -0.4 is 0 Å². The average molecular weight is 300 g/mol. The average Bonchev–Trinajstić information content (AvgIpc) is 3.05. The molecule has 0 aromatic heterocycles. The molecule has 2 fully saturated rings. The van der Waals surface area contributed by atoms with Crippen molar-refractivity contribution in [3.05, 3.63) is 35.4 Å². The second kappa shape index (κ2) is 7.19. The molecule has 3 rings (SSSR count). The quantitative estimate of drug-likeness (QED) is 0.620. The van der Waals surface area contributed by atoms with Crippen molar-refractivity contribution in [3.8, 4) is 0 Å². The molecule has 1 heterocycles. The smallest absolute Gasteiger partial charge is 0.235 e. The summed E-state index contributed by atoms with van der Waals surface area (Å²) in [6.45, 7) is 4.86. The van der Waals surface area contributed by atoms with E-state index < -0.39 is 0 Å². The maximum absolute atomic E-state index is 10.8.